The molecule has 0 bridgehead atoms. The van der Waals surface area contributed by atoms with Crippen LogP contribution in [0.3, 0.4) is 0 Å². The predicted molar refractivity (Wildman–Crippen MR) is 143 cm³/mol. The van der Waals surface area contributed by atoms with Crippen molar-refractivity contribution in [2.45, 2.75) is 12.5 Å². The number of benzene rings is 3. The Morgan fingerprint density at radius 1 is 0.917 bits per heavy atom. The van der Waals surface area contributed by atoms with Gasteiger partial charge in [-0.15, -0.1) is 0 Å². The van der Waals surface area contributed by atoms with Crippen LogP contribution in [0.2, 0.25) is 5.02 Å². The summed E-state index contributed by atoms with van der Waals surface area (Å²) in [5.74, 6) is 0.499. The Morgan fingerprint density at radius 3 is 2.11 bits per heavy atom. The minimum atomic E-state index is -0.400. The van der Waals surface area contributed by atoms with E-state index in [1.54, 1.807) is 0 Å². The summed E-state index contributed by atoms with van der Waals surface area (Å²) in [6, 6.07) is 27.1. The van der Waals surface area contributed by atoms with Crippen molar-refractivity contribution in [2.75, 3.05) is 23.3 Å². The van der Waals surface area contributed by atoms with Gasteiger partial charge in [-0.25, -0.2) is 9.97 Å². The molecule has 5 rings (SSSR count). The van der Waals surface area contributed by atoms with Gasteiger partial charge in [0.1, 0.15) is 6.33 Å². The zero-order valence-corrected chi connectivity index (χ0v) is 20.2. The summed E-state index contributed by atoms with van der Waals surface area (Å²) >= 11 is 6.02. The fraction of sp³-hybridized carbons (Fsp3) is 0.143. The SMILES string of the molecule is O=[N+]([O-])c1c(NC(c2ccccc2)c2ccccc2)ncnc1N1CC=C(c2ccc(Cl)cc2)CC1. The molecule has 0 unspecified atom stereocenters. The van der Waals surface area contributed by atoms with Crippen molar-refractivity contribution in [2.24, 2.45) is 0 Å². The van der Waals surface area contributed by atoms with Gasteiger partial charge in [0.15, 0.2) is 0 Å². The Kier molecular flexibility index (Phi) is 6.91. The van der Waals surface area contributed by atoms with E-state index in [2.05, 4.69) is 21.4 Å². The van der Waals surface area contributed by atoms with E-state index in [0.717, 1.165) is 23.1 Å². The molecule has 0 aliphatic carbocycles. The first-order valence-corrected chi connectivity index (χ1v) is 12.0. The molecule has 36 heavy (non-hydrogen) atoms. The second-order valence-corrected chi connectivity index (χ2v) is 8.92. The molecule has 0 spiro atoms. The van der Waals surface area contributed by atoms with E-state index >= 15 is 0 Å². The molecule has 0 saturated heterocycles. The van der Waals surface area contributed by atoms with E-state index < -0.39 is 4.92 Å². The van der Waals surface area contributed by atoms with Crippen LogP contribution in [0.4, 0.5) is 17.3 Å². The second-order valence-electron chi connectivity index (χ2n) is 8.48. The zero-order valence-electron chi connectivity index (χ0n) is 19.4. The molecular weight excluding hydrogens is 474 g/mol. The van der Waals surface area contributed by atoms with Gasteiger partial charge in [0.25, 0.3) is 0 Å². The van der Waals surface area contributed by atoms with Crippen LogP contribution in [-0.4, -0.2) is 28.0 Å². The molecule has 4 aromatic rings. The molecule has 0 atom stereocenters. The molecule has 0 fully saturated rings. The summed E-state index contributed by atoms with van der Waals surface area (Å²) in [7, 11) is 0. The number of nitrogens with zero attached hydrogens (tertiary/aromatic N) is 4. The summed E-state index contributed by atoms with van der Waals surface area (Å²) in [5, 5.41) is 16.3. The lowest BCUT2D eigenvalue weighted by Crippen LogP contribution is -2.30. The van der Waals surface area contributed by atoms with Crippen molar-refractivity contribution in [3.63, 3.8) is 0 Å². The van der Waals surface area contributed by atoms with Gasteiger partial charge in [0.2, 0.25) is 11.6 Å². The molecule has 0 saturated carbocycles. The molecule has 2 heterocycles. The summed E-state index contributed by atoms with van der Waals surface area (Å²) in [4.78, 5) is 22.4. The van der Waals surface area contributed by atoms with Gasteiger partial charge in [-0.05, 0) is 40.8 Å². The topological polar surface area (TPSA) is 84.2 Å². The molecule has 1 aromatic heterocycles. The third-order valence-corrected chi connectivity index (χ3v) is 6.51. The van der Waals surface area contributed by atoms with Crippen LogP contribution in [-0.2, 0) is 0 Å². The Hall–Kier alpha value is -4.23. The maximum atomic E-state index is 12.3. The van der Waals surface area contributed by atoms with Gasteiger partial charge in [0.05, 0.1) is 11.0 Å². The fourth-order valence-electron chi connectivity index (χ4n) is 4.45. The third kappa shape index (κ3) is 5.06. The fourth-order valence-corrected chi connectivity index (χ4v) is 4.58. The van der Waals surface area contributed by atoms with E-state index in [9.17, 15) is 10.1 Å². The molecule has 3 aromatic carbocycles. The number of hydrogen-bond acceptors (Lipinski definition) is 6. The van der Waals surface area contributed by atoms with Gasteiger partial charge >= 0.3 is 5.69 Å². The lowest BCUT2D eigenvalue weighted by Gasteiger charge is -2.28. The number of nitrogens with one attached hydrogen (secondary N) is 1. The molecule has 1 aliphatic rings. The second kappa shape index (κ2) is 10.6. The first kappa shape index (κ1) is 23.5. The highest BCUT2D eigenvalue weighted by molar-refractivity contribution is 6.30. The van der Waals surface area contributed by atoms with E-state index in [1.165, 1.54) is 11.9 Å². The first-order chi connectivity index (χ1) is 17.6. The predicted octanol–water partition coefficient (Wildman–Crippen LogP) is 6.53. The molecule has 1 aliphatic heterocycles. The Labute approximate surface area is 214 Å². The van der Waals surface area contributed by atoms with Gasteiger partial charge in [-0.3, -0.25) is 10.1 Å². The summed E-state index contributed by atoms with van der Waals surface area (Å²) < 4.78 is 0. The molecule has 0 amide bonds. The summed E-state index contributed by atoms with van der Waals surface area (Å²) in [6.07, 6.45) is 4.21. The molecule has 180 valence electrons. The van der Waals surface area contributed by atoms with E-state index in [4.69, 9.17) is 11.6 Å². The van der Waals surface area contributed by atoms with Crippen molar-refractivity contribution in [3.8, 4) is 0 Å². The maximum absolute atomic E-state index is 12.3. The van der Waals surface area contributed by atoms with Crippen LogP contribution >= 0.6 is 11.6 Å². The van der Waals surface area contributed by atoms with Gasteiger partial charge in [-0.2, -0.15) is 0 Å². The van der Waals surface area contributed by atoms with Gasteiger partial charge < -0.3 is 10.2 Å². The highest BCUT2D eigenvalue weighted by atomic mass is 35.5. The smallest absolute Gasteiger partial charge is 0.353 e. The van der Waals surface area contributed by atoms with Crippen LogP contribution in [0.25, 0.3) is 5.57 Å². The first-order valence-electron chi connectivity index (χ1n) is 11.7. The van der Waals surface area contributed by atoms with E-state index in [-0.39, 0.29) is 17.5 Å². The van der Waals surface area contributed by atoms with E-state index in [0.29, 0.717) is 23.9 Å². The number of anilines is 2. The van der Waals surface area contributed by atoms with Gasteiger partial charge in [0, 0.05) is 18.1 Å². The lowest BCUT2D eigenvalue weighted by molar-refractivity contribution is -0.383. The molecule has 1 N–H and O–H groups in total. The van der Waals surface area contributed by atoms with Crippen molar-refractivity contribution < 1.29 is 4.92 Å². The van der Waals surface area contributed by atoms with E-state index in [1.807, 2.05) is 89.8 Å². The Balaban J connectivity index is 1.47. The summed E-state index contributed by atoms with van der Waals surface area (Å²) in [5.41, 5.74) is 4.12. The van der Waals surface area contributed by atoms with Crippen LogP contribution in [0.1, 0.15) is 29.2 Å². The standard InChI is InChI=1S/C28H24ClN5O2/c29-24-13-11-20(12-14-24)21-15-17-33(18-16-21)28-26(34(35)36)27(30-19-31-28)32-25(22-7-3-1-4-8-22)23-9-5-2-6-10-23/h1-15,19,25H,16-18H2,(H,30,31,32). The Morgan fingerprint density at radius 2 is 1.56 bits per heavy atom. The van der Waals surface area contributed by atoms with Gasteiger partial charge in [-0.1, -0.05) is 90.5 Å². The molecule has 7 nitrogen and oxygen atoms in total. The number of rotatable bonds is 7. The van der Waals surface area contributed by atoms with Crippen LogP contribution in [0.15, 0.2) is 97.3 Å². The Bertz CT molecular complexity index is 1340. The number of hydrogen-bond donors (Lipinski definition) is 1. The van der Waals surface area contributed by atoms with Crippen LogP contribution < -0.4 is 10.2 Å². The monoisotopic (exact) mass is 497 g/mol. The number of halogens is 1. The largest absolute Gasteiger partial charge is 0.353 e. The quantitative estimate of drug-likeness (QED) is 0.231. The van der Waals surface area contributed by atoms with Crippen molar-refractivity contribution >= 4 is 34.5 Å². The zero-order chi connectivity index (χ0) is 24.9. The highest BCUT2D eigenvalue weighted by Gasteiger charge is 2.30. The van der Waals surface area contributed by atoms with Crippen molar-refractivity contribution in [1.29, 1.82) is 0 Å². The van der Waals surface area contributed by atoms with Crippen LogP contribution in [0, 0.1) is 10.1 Å². The molecular formula is C28H24ClN5O2. The lowest BCUT2D eigenvalue weighted by atomic mass is 9.98. The average molecular weight is 498 g/mol. The summed E-state index contributed by atoms with van der Waals surface area (Å²) in [6.45, 7) is 1.11. The normalized spacial score (nSPS) is 13.4. The molecule has 0 radical (unpaired) electrons. The minimum absolute atomic E-state index is 0.127. The van der Waals surface area contributed by atoms with Crippen molar-refractivity contribution in [1.82, 2.24) is 9.97 Å². The molecule has 8 heteroatoms. The third-order valence-electron chi connectivity index (χ3n) is 6.26. The average Bonchev–Trinajstić information content (AvgIpc) is 2.93. The van der Waals surface area contributed by atoms with Crippen molar-refractivity contribution in [3.05, 3.63) is 129 Å². The maximum Gasteiger partial charge on any atom is 0.353 e. The number of aromatic nitrogens is 2. The minimum Gasteiger partial charge on any atom is -0.353 e. The van der Waals surface area contributed by atoms with Crippen LogP contribution in [0.5, 0.6) is 0 Å². The highest BCUT2D eigenvalue weighted by Crippen LogP contribution is 2.37. The number of nitro groups is 1.